The van der Waals surface area contributed by atoms with Crippen LogP contribution in [0.5, 0.6) is 0 Å². The average molecular weight is 191 g/mol. The largest absolute Gasteiger partial charge is 0.331 e. The first-order chi connectivity index (χ1) is 6.48. The van der Waals surface area contributed by atoms with Crippen molar-refractivity contribution in [2.24, 2.45) is 0 Å². The van der Waals surface area contributed by atoms with Crippen LogP contribution in [0.3, 0.4) is 0 Å². The van der Waals surface area contributed by atoms with Gasteiger partial charge in [-0.1, -0.05) is 32.9 Å². The number of benzene rings is 1. The lowest BCUT2D eigenvalue weighted by Crippen LogP contribution is -2.10. The minimum absolute atomic E-state index is 0.0497. The zero-order valence-electron chi connectivity index (χ0n) is 8.69. The number of nitrogens with one attached hydrogen (secondary N) is 1. The standard InChI is InChI=1S/C12H14FN/c1-12(2,3)9-5-4-6-10-8(9)7-11(13)14-10/h4-7,14H,1-3H3. The Morgan fingerprint density at radius 2 is 1.93 bits per heavy atom. The molecule has 2 rings (SSSR count). The van der Waals surface area contributed by atoms with E-state index in [4.69, 9.17) is 0 Å². The lowest BCUT2D eigenvalue weighted by Gasteiger charge is -2.19. The molecule has 1 N–H and O–H groups in total. The molecule has 0 aliphatic rings. The van der Waals surface area contributed by atoms with Crippen LogP contribution in [0.2, 0.25) is 0 Å². The molecule has 1 aromatic heterocycles. The third kappa shape index (κ3) is 1.41. The molecule has 0 saturated carbocycles. The Morgan fingerprint density at radius 1 is 1.21 bits per heavy atom. The third-order valence-electron chi connectivity index (χ3n) is 2.44. The Kier molecular flexibility index (Phi) is 1.88. The number of aromatic amines is 1. The van der Waals surface area contributed by atoms with Gasteiger partial charge in [0.15, 0.2) is 5.95 Å². The number of hydrogen-bond donors (Lipinski definition) is 1. The van der Waals surface area contributed by atoms with Gasteiger partial charge in [-0.3, -0.25) is 0 Å². The highest BCUT2D eigenvalue weighted by Gasteiger charge is 2.17. The van der Waals surface area contributed by atoms with Crippen LogP contribution in [-0.4, -0.2) is 4.98 Å². The van der Waals surface area contributed by atoms with E-state index in [-0.39, 0.29) is 11.4 Å². The maximum absolute atomic E-state index is 13.0. The fourth-order valence-corrected chi connectivity index (χ4v) is 1.78. The van der Waals surface area contributed by atoms with Crippen molar-refractivity contribution in [3.05, 3.63) is 35.8 Å². The van der Waals surface area contributed by atoms with Crippen LogP contribution in [0.15, 0.2) is 24.3 Å². The summed E-state index contributed by atoms with van der Waals surface area (Å²) in [4.78, 5) is 2.70. The molecule has 14 heavy (non-hydrogen) atoms. The zero-order chi connectivity index (χ0) is 10.3. The van der Waals surface area contributed by atoms with Gasteiger partial charge in [-0.2, -0.15) is 4.39 Å². The monoisotopic (exact) mass is 191 g/mol. The molecule has 0 aliphatic heterocycles. The van der Waals surface area contributed by atoms with Gasteiger partial charge >= 0.3 is 0 Å². The van der Waals surface area contributed by atoms with E-state index in [1.165, 1.54) is 5.56 Å². The molecule has 0 bridgehead atoms. The van der Waals surface area contributed by atoms with Crippen molar-refractivity contribution in [1.29, 1.82) is 0 Å². The zero-order valence-corrected chi connectivity index (χ0v) is 8.69. The highest BCUT2D eigenvalue weighted by molar-refractivity contribution is 5.84. The van der Waals surface area contributed by atoms with Crippen LogP contribution in [0, 0.1) is 5.95 Å². The fraction of sp³-hybridized carbons (Fsp3) is 0.333. The minimum Gasteiger partial charge on any atom is -0.331 e. The quantitative estimate of drug-likeness (QED) is 0.654. The number of H-pyrrole nitrogens is 1. The van der Waals surface area contributed by atoms with E-state index in [1.807, 2.05) is 12.1 Å². The van der Waals surface area contributed by atoms with Gasteiger partial charge < -0.3 is 4.98 Å². The molecule has 0 aliphatic carbocycles. The van der Waals surface area contributed by atoms with Gasteiger partial charge in [-0.25, -0.2) is 0 Å². The molecule has 0 atom stereocenters. The van der Waals surface area contributed by atoms with Crippen molar-refractivity contribution in [2.75, 3.05) is 0 Å². The average Bonchev–Trinajstić information content (AvgIpc) is 2.41. The normalized spacial score (nSPS) is 12.3. The van der Waals surface area contributed by atoms with Crippen LogP contribution in [-0.2, 0) is 5.41 Å². The molecule has 0 unspecified atom stereocenters. The molecule has 0 spiro atoms. The number of hydrogen-bond acceptors (Lipinski definition) is 0. The maximum atomic E-state index is 13.0. The highest BCUT2D eigenvalue weighted by atomic mass is 19.1. The molecule has 1 aromatic carbocycles. The van der Waals surface area contributed by atoms with Crippen molar-refractivity contribution < 1.29 is 4.39 Å². The molecule has 0 saturated heterocycles. The Balaban J connectivity index is 2.77. The number of fused-ring (bicyclic) bond motifs is 1. The van der Waals surface area contributed by atoms with Gasteiger partial charge in [-0.05, 0) is 17.0 Å². The van der Waals surface area contributed by atoms with Crippen molar-refractivity contribution in [3.63, 3.8) is 0 Å². The predicted molar refractivity (Wildman–Crippen MR) is 57.0 cm³/mol. The van der Waals surface area contributed by atoms with Crippen LogP contribution < -0.4 is 0 Å². The lowest BCUT2D eigenvalue weighted by molar-refractivity contribution is 0.592. The topological polar surface area (TPSA) is 15.8 Å². The van der Waals surface area contributed by atoms with Gasteiger partial charge in [0.25, 0.3) is 0 Å². The fourth-order valence-electron chi connectivity index (χ4n) is 1.78. The summed E-state index contributed by atoms with van der Waals surface area (Å²) in [6, 6.07) is 7.47. The van der Waals surface area contributed by atoms with E-state index in [0.717, 1.165) is 10.9 Å². The lowest BCUT2D eigenvalue weighted by atomic mass is 9.85. The van der Waals surface area contributed by atoms with E-state index in [1.54, 1.807) is 6.07 Å². The van der Waals surface area contributed by atoms with Gasteiger partial charge in [0, 0.05) is 17.0 Å². The second-order valence-corrected chi connectivity index (χ2v) is 4.63. The third-order valence-corrected chi connectivity index (χ3v) is 2.44. The molecular formula is C12H14FN. The number of halogens is 1. The summed E-state index contributed by atoms with van der Waals surface area (Å²) in [7, 11) is 0. The van der Waals surface area contributed by atoms with Crippen LogP contribution in [0.4, 0.5) is 4.39 Å². The van der Waals surface area contributed by atoms with Crippen molar-refractivity contribution in [2.45, 2.75) is 26.2 Å². The van der Waals surface area contributed by atoms with Crippen LogP contribution in [0.1, 0.15) is 26.3 Å². The van der Waals surface area contributed by atoms with Gasteiger partial charge in [-0.15, -0.1) is 0 Å². The molecule has 1 nitrogen and oxygen atoms in total. The van der Waals surface area contributed by atoms with E-state index in [2.05, 4.69) is 31.8 Å². The summed E-state index contributed by atoms with van der Waals surface area (Å²) >= 11 is 0. The predicted octanol–water partition coefficient (Wildman–Crippen LogP) is 3.60. The summed E-state index contributed by atoms with van der Waals surface area (Å²) in [6.07, 6.45) is 0. The first-order valence-electron chi connectivity index (χ1n) is 4.76. The first-order valence-corrected chi connectivity index (χ1v) is 4.76. The molecule has 0 radical (unpaired) electrons. The number of rotatable bonds is 0. The molecular weight excluding hydrogens is 177 g/mol. The Hall–Kier alpha value is -1.31. The van der Waals surface area contributed by atoms with Crippen molar-refractivity contribution in [1.82, 2.24) is 4.98 Å². The van der Waals surface area contributed by atoms with E-state index in [0.29, 0.717) is 0 Å². The maximum Gasteiger partial charge on any atom is 0.192 e. The summed E-state index contributed by atoms with van der Waals surface area (Å²) in [6.45, 7) is 6.39. The molecule has 2 aromatic rings. The van der Waals surface area contributed by atoms with Crippen LogP contribution in [0.25, 0.3) is 10.9 Å². The van der Waals surface area contributed by atoms with E-state index < -0.39 is 0 Å². The van der Waals surface area contributed by atoms with Gasteiger partial charge in [0.05, 0.1) is 0 Å². The Labute approximate surface area is 82.9 Å². The molecule has 74 valence electrons. The Morgan fingerprint density at radius 3 is 2.57 bits per heavy atom. The van der Waals surface area contributed by atoms with Crippen molar-refractivity contribution >= 4 is 10.9 Å². The summed E-state index contributed by atoms with van der Waals surface area (Å²) in [5.41, 5.74) is 2.10. The van der Waals surface area contributed by atoms with Gasteiger partial charge in [0.2, 0.25) is 0 Å². The second kappa shape index (κ2) is 2.84. The first kappa shape index (κ1) is 9.25. The minimum atomic E-state index is -0.267. The summed E-state index contributed by atoms with van der Waals surface area (Å²) in [5, 5.41) is 0.984. The molecule has 0 fully saturated rings. The molecule has 2 heteroatoms. The second-order valence-electron chi connectivity index (χ2n) is 4.63. The SMILES string of the molecule is CC(C)(C)c1cccc2[nH]c(F)cc12. The van der Waals surface area contributed by atoms with E-state index in [9.17, 15) is 4.39 Å². The smallest absolute Gasteiger partial charge is 0.192 e. The summed E-state index contributed by atoms with van der Waals surface area (Å²) in [5.74, 6) is -0.267. The van der Waals surface area contributed by atoms with Gasteiger partial charge in [0.1, 0.15) is 0 Å². The van der Waals surface area contributed by atoms with Crippen molar-refractivity contribution in [3.8, 4) is 0 Å². The highest BCUT2D eigenvalue weighted by Crippen LogP contribution is 2.29. The number of aromatic nitrogens is 1. The van der Waals surface area contributed by atoms with E-state index >= 15 is 0 Å². The van der Waals surface area contributed by atoms with Crippen LogP contribution >= 0.6 is 0 Å². The summed E-state index contributed by atoms with van der Waals surface area (Å²) < 4.78 is 13.0. The molecule has 1 heterocycles. The molecule has 0 amide bonds. The Bertz CT molecular complexity index is 463.